The van der Waals surface area contributed by atoms with Gasteiger partial charge >= 0.3 is 0 Å². The predicted octanol–water partition coefficient (Wildman–Crippen LogP) is 3.35. The topological polar surface area (TPSA) is 59.3 Å². The van der Waals surface area contributed by atoms with Crippen molar-refractivity contribution in [2.24, 2.45) is 0 Å². The van der Waals surface area contributed by atoms with Gasteiger partial charge in [0.25, 0.3) is 0 Å². The monoisotopic (exact) mass is 283 g/mol. The first-order valence-electron chi connectivity index (χ1n) is 7.23. The Kier molecular flexibility index (Phi) is 3.60. The first kappa shape index (κ1) is 13.6. The molecule has 0 aliphatic carbocycles. The molecule has 1 aromatic heterocycles. The Bertz CT molecular complexity index is 700. The maximum absolute atomic E-state index is 12.6. The van der Waals surface area contributed by atoms with Crippen LogP contribution in [0.15, 0.2) is 34.9 Å². The fourth-order valence-electron chi connectivity index (χ4n) is 2.69. The van der Waals surface area contributed by atoms with Gasteiger partial charge in [0.05, 0.1) is 11.8 Å². The summed E-state index contributed by atoms with van der Waals surface area (Å²) in [6, 6.07) is 7.18. The summed E-state index contributed by atoms with van der Waals surface area (Å²) in [7, 11) is 0. The van der Waals surface area contributed by atoms with Gasteiger partial charge in [0.2, 0.25) is 5.91 Å². The third kappa shape index (κ3) is 2.61. The molecule has 108 valence electrons. The number of carbonyl (C=O) groups is 2. The number of fused-ring (bicyclic) bond motifs is 1. The number of aryl methyl sites for hydroxylation is 2. The Morgan fingerprint density at radius 3 is 2.95 bits per heavy atom. The van der Waals surface area contributed by atoms with Crippen LogP contribution in [0.3, 0.4) is 0 Å². The third-order valence-corrected chi connectivity index (χ3v) is 3.80. The summed E-state index contributed by atoms with van der Waals surface area (Å²) in [6.45, 7) is 1.96. The van der Waals surface area contributed by atoms with Crippen LogP contribution in [-0.2, 0) is 17.6 Å². The van der Waals surface area contributed by atoms with Crippen molar-refractivity contribution >= 4 is 17.4 Å². The number of rotatable bonds is 3. The van der Waals surface area contributed by atoms with E-state index in [1.807, 2.05) is 19.1 Å². The molecule has 4 nitrogen and oxygen atoms in total. The third-order valence-electron chi connectivity index (χ3n) is 3.80. The van der Waals surface area contributed by atoms with Gasteiger partial charge in [0, 0.05) is 24.1 Å². The zero-order valence-corrected chi connectivity index (χ0v) is 11.9. The molecule has 0 fully saturated rings. The quantitative estimate of drug-likeness (QED) is 0.879. The van der Waals surface area contributed by atoms with Gasteiger partial charge in [-0.25, -0.2) is 0 Å². The second-order valence-corrected chi connectivity index (χ2v) is 5.21. The van der Waals surface area contributed by atoms with Gasteiger partial charge in [-0.05, 0) is 42.7 Å². The normalized spacial score (nSPS) is 14.2. The lowest BCUT2D eigenvalue weighted by Gasteiger charge is -2.08. The highest BCUT2D eigenvalue weighted by atomic mass is 16.3. The SMILES string of the molecule is CCc1occc1C(=O)c1ccc2c(c1)CCCC(=O)N2. The molecule has 1 N–H and O–H groups in total. The van der Waals surface area contributed by atoms with E-state index in [0.717, 1.165) is 24.1 Å². The molecule has 1 aliphatic heterocycles. The van der Waals surface area contributed by atoms with Crippen LogP contribution >= 0.6 is 0 Å². The van der Waals surface area contributed by atoms with Gasteiger partial charge in [0.15, 0.2) is 5.78 Å². The Balaban J connectivity index is 1.95. The zero-order chi connectivity index (χ0) is 14.8. The molecule has 1 aromatic carbocycles. The molecule has 2 heterocycles. The Morgan fingerprint density at radius 1 is 1.29 bits per heavy atom. The van der Waals surface area contributed by atoms with E-state index in [0.29, 0.717) is 29.7 Å². The van der Waals surface area contributed by atoms with Crippen LogP contribution < -0.4 is 5.32 Å². The van der Waals surface area contributed by atoms with Gasteiger partial charge in [-0.2, -0.15) is 0 Å². The number of ketones is 1. The van der Waals surface area contributed by atoms with E-state index < -0.39 is 0 Å². The zero-order valence-electron chi connectivity index (χ0n) is 11.9. The van der Waals surface area contributed by atoms with E-state index in [1.165, 1.54) is 0 Å². The summed E-state index contributed by atoms with van der Waals surface area (Å²) in [4.78, 5) is 24.1. The highest BCUT2D eigenvalue weighted by Gasteiger charge is 2.18. The minimum atomic E-state index is -0.0287. The van der Waals surface area contributed by atoms with E-state index in [9.17, 15) is 9.59 Å². The van der Waals surface area contributed by atoms with Crippen LogP contribution in [0.25, 0.3) is 0 Å². The summed E-state index contributed by atoms with van der Waals surface area (Å²) in [5, 5.41) is 2.88. The van der Waals surface area contributed by atoms with Crippen LogP contribution in [-0.4, -0.2) is 11.7 Å². The summed E-state index contributed by atoms with van der Waals surface area (Å²) in [6.07, 6.45) is 4.38. The molecule has 21 heavy (non-hydrogen) atoms. The van der Waals surface area contributed by atoms with Crippen molar-refractivity contribution in [1.29, 1.82) is 0 Å². The van der Waals surface area contributed by atoms with Crippen LogP contribution in [0.2, 0.25) is 0 Å². The smallest absolute Gasteiger partial charge is 0.224 e. The number of anilines is 1. The van der Waals surface area contributed by atoms with E-state index in [2.05, 4.69) is 5.32 Å². The lowest BCUT2D eigenvalue weighted by molar-refractivity contribution is -0.116. The first-order chi connectivity index (χ1) is 10.2. The standard InChI is InChI=1S/C17H17NO3/c1-2-15-13(8-9-21-15)17(20)12-6-7-14-11(10-12)4-3-5-16(19)18-14/h6-10H,2-5H2,1H3,(H,18,19). The number of hydrogen-bond donors (Lipinski definition) is 1. The molecular formula is C17H17NO3. The van der Waals surface area contributed by atoms with Crippen molar-refractivity contribution in [1.82, 2.24) is 0 Å². The van der Waals surface area contributed by atoms with E-state index >= 15 is 0 Å². The molecule has 0 bridgehead atoms. The maximum Gasteiger partial charge on any atom is 0.224 e. The Hall–Kier alpha value is -2.36. The van der Waals surface area contributed by atoms with E-state index in [4.69, 9.17) is 4.42 Å². The largest absolute Gasteiger partial charge is 0.469 e. The maximum atomic E-state index is 12.6. The summed E-state index contributed by atoms with van der Waals surface area (Å²) in [5.41, 5.74) is 3.10. The van der Waals surface area contributed by atoms with Crippen LogP contribution in [0.4, 0.5) is 5.69 Å². The highest BCUT2D eigenvalue weighted by Crippen LogP contribution is 2.25. The van der Waals surface area contributed by atoms with Crippen molar-refractivity contribution in [2.45, 2.75) is 32.6 Å². The predicted molar refractivity (Wildman–Crippen MR) is 79.5 cm³/mol. The van der Waals surface area contributed by atoms with Gasteiger partial charge in [-0.3, -0.25) is 9.59 Å². The van der Waals surface area contributed by atoms with E-state index in [1.54, 1.807) is 18.4 Å². The van der Waals surface area contributed by atoms with Gasteiger partial charge in [0.1, 0.15) is 5.76 Å². The Morgan fingerprint density at radius 2 is 2.14 bits per heavy atom. The molecule has 0 spiro atoms. The van der Waals surface area contributed by atoms with Gasteiger partial charge < -0.3 is 9.73 Å². The molecule has 2 aromatic rings. The molecule has 0 saturated heterocycles. The highest BCUT2D eigenvalue weighted by molar-refractivity contribution is 6.10. The summed E-state index contributed by atoms with van der Waals surface area (Å²) in [5.74, 6) is 0.721. The minimum Gasteiger partial charge on any atom is -0.469 e. The second-order valence-electron chi connectivity index (χ2n) is 5.21. The number of nitrogens with one attached hydrogen (secondary N) is 1. The molecule has 0 saturated carbocycles. The fraction of sp³-hybridized carbons (Fsp3) is 0.294. The number of hydrogen-bond acceptors (Lipinski definition) is 3. The number of amides is 1. The Labute approximate surface area is 123 Å². The van der Waals surface area contributed by atoms with E-state index in [-0.39, 0.29) is 11.7 Å². The molecule has 0 unspecified atom stereocenters. The minimum absolute atomic E-state index is 0.0287. The molecule has 1 amide bonds. The molecule has 0 radical (unpaired) electrons. The van der Waals surface area contributed by atoms with Gasteiger partial charge in [-0.15, -0.1) is 0 Å². The molecular weight excluding hydrogens is 266 g/mol. The average Bonchev–Trinajstić information content (AvgIpc) is 2.88. The molecule has 3 rings (SSSR count). The van der Waals surface area contributed by atoms with Crippen molar-refractivity contribution < 1.29 is 14.0 Å². The summed E-state index contributed by atoms with van der Waals surface area (Å²) < 4.78 is 5.33. The first-order valence-corrected chi connectivity index (χ1v) is 7.23. The van der Waals surface area contributed by atoms with Crippen molar-refractivity contribution in [3.8, 4) is 0 Å². The fourth-order valence-corrected chi connectivity index (χ4v) is 2.69. The number of benzene rings is 1. The average molecular weight is 283 g/mol. The molecule has 1 aliphatic rings. The van der Waals surface area contributed by atoms with Crippen molar-refractivity contribution in [3.05, 3.63) is 53.0 Å². The molecule has 4 heteroatoms. The van der Waals surface area contributed by atoms with Crippen molar-refractivity contribution in [3.63, 3.8) is 0 Å². The lowest BCUT2D eigenvalue weighted by Crippen LogP contribution is -2.10. The van der Waals surface area contributed by atoms with Crippen LogP contribution in [0.5, 0.6) is 0 Å². The van der Waals surface area contributed by atoms with Crippen LogP contribution in [0, 0.1) is 0 Å². The van der Waals surface area contributed by atoms with Crippen LogP contribution in [0.1, 0.15) is 47.0 Å². The van der Waals surface area contributed by atoms with Crippen molar-refractivity contribution in [2.75, 3.05) is 5.32 Å². The summed E-state index contributed by atoms with van der Waals surface area (Å²) >= 11 is 0. The molecule has 0 atom stereocenters. The van der Waals surface area contributed by atoms with Gasteiger partial charge in [-0.1, -0.05) is 6.92 Å². The number of furan rings is 1. The number of carbonyl (C=O) groups excluding carboxylic acids is 2. The lowest BCUT2D eigenvalue weighted by atomic mass is 9.98. The second kappa shape index (κ2) is 5.56.